The Morgan fingerprint density at radius 1 is 0.970 bits per heavy atom. The van der Waals surface area contributed by atoms with Crippen molar-refractivity contribution >= 4 is 33.2 Å². The number of rotatable bonds is 7. The van der Waals surface area contributed by atoms with E-state index in [0.717, 1.165) is 17.7 Å². The highest BCUT2D eigenvalue weighted by molar-refractivity contribution is 7.89. The molecule has 1 unspecified atom stereocenters. The normalized spacial score (nSPS) is 14.8. The lowest BCUT2D eigenvalue weighted by molar-refractivity contribution is -0.117. The molecular formula is C25H25N3O4S. The molecule has 0 aromatic heterocycles. The molecule has 0 bridgehead atoms. The Bertz CT molecular complexity index is 1260. The van der Waals surface area contributed by atoms with Gasteiger partial charge in [0.25, 0.3) is 5.91 Å². The van der Waals surface area contributed by atoms with Crippen LogP contribution in [0, 0.1) is 0 Å². The van der Waals surface area contributed by atoms with Crippen LogP contribution in [0.5, 0.6) is 0 Å². The van der Waals surface area contributed by atoms with Gasteiger partial charge in [0.15, 0.2) is 0 Å². The summed E-state index contributed by atoms with van der Waals surface area (Å²) in [6, 6.07) is 21.8. The molecule has 1 aliphatic heterocycles. The predicted molar refractivity (Wildman–Crippen MR) is 128 cm³/mol. The second-order valence-corrected chi connectivity index (χ2v) is 9.65. The molecule has 0 aliphatic carbocycles. The van der Waals surface area contributed by atoms with Gasteiger partial charge in [0.2, 0.25) is 15.9 Å². The van der Waals surface area contributed by atoms with Crippen LogP contribution in [0.4, 0.5) is 11.4 Å². The molecular weight excluding hydrogens is 438 g/mol. The van der Waals surface area contributed by atoms with E-state index in [9.17, 15) is 18.0 Å². The van der Waals surface area contributed by atoms with Crippen LogP contribution in [0.1, 0.15) is 41.7 Å². The third-order valence-electron chi connectivity index (χ3n) is 5.55. The van der Waals surface area contributed by atoms with Gasteiger partial charge in [0.05, 0.1) is 4.90 Å². The lowest BCUT2D eigenvalue weighted by Crippen LogP contribution is -2.27. The SMILES string of the molecule is CC(NS(=O)(=O)c1cccc(C(=O)Nc2ccc(N3CCCC3=O)cc2)c1)c1ccccc1. The number of carbonyl (C=O) groups excluding carboxylic acids is 2. The van der Waals surface area contributed by atoms with Crippen molar-refractivity contribution in [3.05, 3.63) is 90.0 Å². The fourth-order valence-electron chi connectivity index (χ4n) is 3.76. The van der Waals surface area contributed by atoms with E-state index >= 15 is 0 Å². The monoisotopic (exact) mass is 463 g/mol. The van der Waals surface area contributed by atoms with Crippen molar-refractivity contribution < 1.29 is 18.0 Å². The first kappa shape index (κ1) is 22.7. The summed E-state index contributed by atoms with van der Waals surface area (Å²) in [6.45, 7) is 2.46. The van der Waals surface area contributed by atoms with Crippen LogP contribution in [0.2, 0.25) is 0 Å². The topological polar surface area (TPSA) is 95.6 Å². The van der Waals surface area contributed by atoms with E-state index in [4.69, 9.17) is 0 Å². The smallest absolute Gasteiger partial charge is 0.255 e. The van der Waals surface area contributed by atoms with Gasteiger partial charge in [0.1, 0.15) is 0 Å². The predicted octanol–water partition coefficient (Wildman–Crippen LogP) is 4.11. The van der Waals surface area contributed by atoms with Crippen molar-refractivity contribution in [1.29, 1.82) is 0 Å². The summed E-state index contributed by atoms with van der Waals surface area (Å²) in [6.07, 6.45) is 1.40. The highest BCUT2D eigenvalue weighted by atomic mass is 32.2. The van der Waals surface area contributed by atoms with Gasteiger partial charge in [-0.3, -0.25) is 9.59 Å². The number of carbonyl (C=O) groups is 2. The van der Waals surface area contributed by atoms with Gasteiger partial charge >= 0.3 is 0 Å². The number of anilines is 2. The minimum absolute atomic E-state index is 0.0147. The maximum absolute atomic E-state index is 12.9. The molecule has 33 heavy (non-hydrogen) atoms. The van der Waals surface area contributed by atoms with Crippen molar-refractivity contribution in [3.8, 4) is 0 Å². The van der Waals surface area contributed by atoms with Crippen LogP contribution in [-0.4, -0.2) is 26.8 Å². The second-order valence-electron chi connectivity index (χ2n) is 7.93. The summed E-state index contributed by atoms with van der Waals surface area (Å²) >= 11 is 0. The standard InChI is InChI=1S/C25H25N3O4S/c1-18(19-7-3-2-4-8-19)27-33(31,32)23-10-5-9-20(17-23)25(30)26-21-12-14-22(15-13-21)28-16-6-11-24(28)29/h2-5,7-10,12-15,17-18,27H,6,11,16H2,1H3,(H,26,30). The molecule has 0 spiro atoms. The summed E-state index contributed by atoms with van der Waals surface area (Å²) in [4.78, 5) is 26.4. The van der Waals surface area contributed by atoms with Crippen molar-refractivity contribution in [1.82, 2.24) is 4.72 Å². The summed E-state index contributed by atoms with van der Waals surface area (Å²) in [5.74, 6) is -0.326. The molecule has 170 valence electrons. The average Bonchev–Trinajstić information content (AvgIpc) is 3.26. The van der Waals surface area contributed by atoms with E-state index in [1.165, 1.54) is 12.1 Å². The van der Waals surface area contributed by atoms with E-state index < -0.39 is 22.0 Å². The van der Waals surface area contributed by atoms with Crippen LogP contribution in [-0.2, 0) is 14.8 Å². The second kappa shape index (κ2) is 9.56. The zero-order chi connectivity index (χ0) is 23.4. The highest BCUT2D eigenvalue weighted by Gasteiger charge is 2.22. The Labute approximate surface area is 193 Å². The maximum atomic E-state index is 12.9. The number of nitrogens with zero attached hydrogens (tertiary/aromatic N) is 1. The molecule has 1 heterocycles. The van der Waals surface area contributed by atoms with Gasteiger partial charge in [0, 0.05) is 35.9 Å². The van der Waals surface area contributed by atoms with Crippen LogP contribution < -0.4 is 14.9 Å². The molecule has 4 rings (SSSR count). The Morgan fingerprint density at radius 3 is 2.36 bits per heavy atom. The minimum Gasteiger partial charge on any atom is -0.322 e. The maximum Gasteiger partial charge on any atom is 0.255 e. The van der Waals surface area contributed by atoms with Crippen LogP contribution in [0.3, 0.4) is 0 Å². The zero-order valence-electron chi connectivity index (χ0n) is 18.2. The Balaban J connectivity index is 1.45. The van der Waals surface area contributed by atoms with E-state index in [1.807, 2.05) is 30.3 Å². The third-order valence-corrected chi connectivity index (χ3v) is 7.09. The lowest BCUT2D eigenvalue weighted by atomic mass is 10.1. The number of hydrogen-bond acceptors (Lipinski definition) is 4. The Morgan fingerprint density at radius 2 is 1.70 bits per heavy atom. The minimum atomic E-state index is -3.82. The average molecular weight is 464 g/mol. The molecule has 1 aliphatic rings. The van der Waals surface area contributed by atoms with Crippen molar-refractivity contribution in [3.63, 3.8) is 0 Å². The third kappa shape index (κ3) is 5.30. The van der Waals surface area contributed by atoms with E-state index in [0.29, 0.717) is 18.7 Å². The van der Waals surface area contributed by atoms with Crippen LogP contribution in [0.15, 0.2) is 83.8 Å². The first-order chi connectivity index (χ1) is 15.8. The highest BCUT2D eigenvalue weighted by Crippen LogP contribution is 2.24. The molecule has 3 aromatic carbocycles. The van der Waals surface area contributed by atoms with E-state index in [1.54, 1.807) is 48.2 Å². The number of nitrogens with one attached hydrogen (secondary N) is 2. The molecule has 1 saturated heterocycles. The lowest BCUT2D eigenvalue weighted by Gasteiger charge is -2.16. The number of sulfonamides is 1. The molecule has 0 saturated carbocycles. The van der Waals surface area contributed by atoms with E-state index in [-0.39, 0.29) is 16.4 Å². The van der Waals surface area contributed by atoms with Gasteiger partial charge in [-0.2, -0.15) is 0 Å². The van der Waals surface area contributed by atoms with Crippen molar-refractivity contribution in [2.45, 2.75) is 30.7 Å². The Hall–Kier alpha value is -3.49. The molecule has 1 fully saturated rings. The quantitative estimate of drug-likeness (QED) is 0.551. The molecule has 8 heteroatoms. The summed E-state index contributed by atoms with van der Waals surface area (Å²) in [5, 5.41) is 2.77. The molecule has 3 aromatic rings. The zero-order valence-corrected chi connectivity index (χ0v) is 19.0. The largest absolute Gasteiger partial charge is 0.322 e. The van der Waals surface area contributed by atoms with Crippen LogP contribution in [0.25, 0.3) is 0 Å². The van der Waals surface area contributed by atoms with Gasteiger partial charge < -0.3 is 10.2 Å². The molecule has 0 radical (unpaired) electrons. The molecule has 7 nitrogen and oxygen atoms in total. The van der Waals surface area contributed by atoms with E-state index in [2.05, 4.69) is 10.0 Å². The molecule has 2 N–H and O–H groups in total. The van der Waals surface area contributed by atoms with Gasteiger partial charge in [-0.05, 0) is 61.4 Å². The number of benzene rings is 3. The summed E-state index contributed by atoms with van der Waals surface area (Å²) in [5.41, 5.74) is 2.42. The van der Waals surface area contributed by atoms with Gasteiger partial charge in [-0.15, -0.1) is 0 Å². The van der Waals surface area contributed by atoms with Gasteiger partial charge in [-0.1, -0.05) is 36.4 Å². The van der Waals surface area contributed by atoms with Crippen molar-refractivity contribution in [2.75, 3.05) is 16.8 Å². The summed E-state index contributed by atoms with van der Waals surface area (Å²) < 4.78 is 28.4. The molecule has 1 atom stereocenters. The number of hydrogen-bond donors (Lipinski definition) is 2. The van der Waals surface area contributed by atoms with Gasteiger partial charge in [-0.25, -0.2) is 13.1 Å². The number of amides is 2. The Kier molecular flexibility index (Phi) is 6.57. The van der Waals surface area contributed by atoms with Crippen LogP contribution >= 0.6 is 0 Å². The van der Waals surface area contributed by atoms with Crippen molar-refractivity contribution in [2.24, 2.45) is 0 Å². The first-order valence-electron chi connectivity index (χ1n) is 10.7. The first-order valence-corrected chi connectivity index (χ1v) is 12.2. The fourth-order valence-corrected chi connectivity index (χ4v) is 5.04. The summed E-state index contributed by atoms with van der Waals surface area (Å²) in [7, 11) is -3.82. The molecule has 2 amide bonds. The fraction of sp³-hybridized carbons (Fsp3) is 0.200.